The number of nitrogens with zero attached hydrogens (tertiary/aromatic N) is 6. The highest BCUT2D eigenvalue weighted by Crippen LogP contribution is 2.23. The summed E-state index contributed by atoms with van der Waals surface area (Å²) in [6.45, 7) is 10.2. The normalized spacial score (nSPS) is 14.2. The van der Waals surface area contributed by atoms with Gasteiger partial charge in [0, 0.05) is 49.8 Å². The smallest absolute Gasteiger partial charge is 0.410 e. The number of fused-ring (bicyclic) bond motifs is 1. The van der Waals surface area contributed by atoms with Crippen molar-refractivity contribution in [3.63, 3.8) is 0 Å². The molecular weight excluding hydrogens is 456 g/mol. The number of carbonyl (C=O) groups is 1. The molecule has 1 amide bonds. The number of carbonyl (C=O) groups excluding carboxylic acids is 1. The highest BCUT2D eigenvalue weighted by Gasteiger charge is 2.26. The van der Waals surface area contributed by atoms with Crippen LogP contribution >= 0.6 is 0 Å². The number of nitrogens with one attached hydrogen (secondary N) is 2. The fourth-order valence-electron chi connectivity index (χ4n) is 4.09. The van der Waals surface area contributed by atoms with E-state index >= 15 is 0 Å². The van der Waals surface area contributed by atoms with Crippen LogP contribution in [-0.2, 0) is 4.74 Å². The molecule has 4 heterocycles. The minimum Gasteiger partial charge on any atom is -0.444 e. The van der Waals surface area contributed by atoms with Crippen molar-refractivity contribution < 1.29 is 9.53 Å². The minimum atomic E-state index is -0.492. The molecule has 1 saturated heterocycles. The van der Waals surface area contributed by atoms with Gasteiger partial charge in [0.05, 0.1) is 16.7 Å². The van der Waals surface area contributed by atoms with Gasteiger partial charge in [0.2, 0.25) is 5.95 Å². The number of aromatic nitrogens is 5. The van der Waals surface area contributed by atoms with E-state index in [1.807, 2.05) is 70.3 Å². The lowest BCUT2D eigenvalue weighted by Gasteiger charge is -2.36. The Hall–Kier alpha value is -4.21. The molecule has 0 aliphatic carbocycles. The Morgan fingerprint density at radius 1 is 1.03 bits per heavy atom. The Kier molecular flexibility index (Phi) is 6.17. The molecule has 0 bridgehead atoms. The molecule has 10 nitrogen and oxygen atoms in total. The molecule has 0 radical (unpaired) electrons. The summed E-state index contributed by atoms with van der Waals surface area (Å²) in [5, 5.41) is 3.26. The molecule has 0 unspecified atom stereocenters. The molecule has 186 valence electrons. The lowest BCUT2D eigenvalue weighted by Crippen LogP contribution is -2.50. The van der Waals surface area contributed by atoms with Crippen molar-refractivity contribution >= 4 is 34.6 Å². The average molecular weight is 487 g/mol. The van der Waals surface area contributed by atoms with Crippen LogP contribution in [0.5, 0.6) is 0 Å². The number of aromatic amines is 1. The van der Waals surface area contributed by atoms with Gasteiger partial charge in [0.15, 0.2) is 0 Å². The topological polar surface area (TPSA) is 112 Å². The molecule has 36 heavy (non-hydrogen) atoms. The van der Waals surface area contributed by atoms with Gasteiger partial charge >= 0.3 is 6.09 Å². The Labute approximate surface area is 209 Å². The Morgan fingerprint density at radius 2 is 1.83 bits per heavy atom. The van der Waals surface area contributed by atoms with Crippen molar-refractivity contribution in [3.8, 4) is 11.3 Å². The van der Waals surface area contributed by atoms with Crippen molar-refractivity contribution in [1.29, 1.82) is 0 Å². The van der Waals surface area contributed by atoms with Crippen molar-refractivity contribution in [3.05, 3.63) is 54.6 Å². The summed E-state index contributed by atoms with van der Waals surface area (Å²) in [4.78, 5) is 37.6. The molecule has 1 aromatic carbocycles. The highest BCUT2D eigenvalue weighted by molar-refractivity contribution is 5.80. The van der Waals surface area contributed by atoms with Crippen LogP contribution in [0, 0.1) is 6.92 Å². The zero-order valence-electron chi connectivity index (χ0n) is 20.9. The van der Waals surface area contributed by atoms with Gasteiger partial charge in [-0.3, -0.25) is 0 Å². The molecule has 0 saturated carbocycles. The molecule has 3 aromatic heterocycles. The largest absolute Gasteiger partial charge is 0.444 e. The number of piperazine rings is 1. The second-order valence-electron chi connectivity index (χ2n) is 9.80. The molecule has 1 fully saturated rings. The molecule has 10 heteroatoms. The Bertz CT molecular complexity index is 1370. The molecular formula is C26H30N8O2. The first-order valence-corrected chi connectivity index (χ1v) is 12.0. The van der Waals surface area contributed by atoms with E-state index in [1.54, 1.807) is 11.1 Å². The number of hydrogen-bond acceptors (Lipinski definition) is 8. The number of anilines is 3. The first kappa shape index (κ1) is 23.5. The van der Waals surface area contributed by atoms with Crippen LogP contribution in [0.1, 0.15) is 26.6 Å². The maximum Gasteiger partial charge on any atom is 0.410 e. The summed E-state index contributed by atoms with van der Waals surface area (Å²) in [5.74, 6) is 2.25. The van der Waals surface area contributed by atoms with E-state index in [0.29, 0.717) is 32.1 Å². The standard InChI is InChI=1S/C26H30N8O2/c1-17-29-21-7-6-19(15-22(21)30-17)31-24-27-10-9-20(32-24)18-5-8-23(28-16-18)33-11-13-34(14-12-33)25(35)36-26(2,3)4/h5-10,15-16H,11-14H2,1-4H3,(H,29,30)(H,27,31,32). The van der Waals surface area contributed by atoms with Crippen LogP contribution in [0.15, 0.2) is 48.8 Å². The first-order chi connectivity index (χ1) is 17.2. The van der Waals surface area contributed by atoms with E-state index in [4.69, 9.17) is 4.74 Å². The zero-order valence-corrected chi connectivity index (χ0v) is 20.9. The van der Waals surface area contributed by atoms with Crippen molar-refractivity contribution in [2.45, 2.75) is 33.3 Å². The van der Waals surface area contributed by atoms with E-state index in [2.05, 4.69) is 35.1 Å². The summed E-state index contributed by atoms with van der Waals surface area (Å²) in [5.41, 5.74) is 3.94. The number of benzene rings is 1. The molecule has 0 atom stereocenters. The number of imidazole rings is 1. The summed E-state index contributed by atoms with van der Waals surface area (Å²) in [6, 6.07) is 11.8. The molecule has 2 N–H and O–H groups in total. The number of amides is 1. The van der Waals surface area contributed by atoms with E-state index in [-0.39, 0.29) is 6.09 Å². The summed E-state index contributed by atoms with van der Waals surface area (Å²) in [6.07, 6.45) is 3.28. The van der Waals surface area contributed by atoms with Crippen LogP contribution in [0.3, 0.4) is 0 Å². The predicted molar refractivity (Wildman–Crippen MR) is 139 cm³/mol. The Balaban J connectivity index is 1.23. The number of pyridine rings is 1. The quantitative estimate of drug-likeness (QED) is 0.433. The lowest BCUT2D eigenvalue weighted by atomic mass is 10.2. The van der Waals surface area contributed by atoms with Crippen LogP contribution < -0.4 is 10.2 Å². The van der Waals surface area contributed by atoms with E-state index < -0.39 is 5.60 Å². The second-order valence-corrected chi connectivity index (χ2v) is 9.80. The van der Waals surface area contributed by atoms with Crippen molar-refractivity contribution in [2.75, 3.05) is 36.4 Å². The van der Waals surface area contributed by atoms with Gasteiger partial charge in [-0.2, -0.15) is 0 Å². The maximum absolute atomic E-state index is 12.3. The first-order valence-electron chi connectivity index (χ1n) is 12.0. The zero-order chi connectivity index (χ0) is 25.3. The van der Waals surface area contributed by atoms with Gasteiger partial charge in [-0.1, -0.05) is 0 Å². The van der Waals surface area contributed by atoms with Crippen LogP contribution in [0.4, 0.5) is 22.2 Å². The van der Waals surface area contributed by atoms with E-state index in [0.717, 1.165) is 39.6 Å². The van der Waals surface area contributed by atoms with Crippen LogP contribution in [-0.4, -0.2) is 67.7 Å². The monoisotopic (exact) mass is 486 g/mol. The summed E-state index contributed by atoms with van der Waals surface area (Å²) < 4.78 is 5.48. The predicted octanol–water partition coefficient (Wildman–Crippen LogP) is 4.52. The maximum atomic E-state index is 12.3. The molecule has 0 spiro atoms. The molecule has 1 aliphatic rings. The summed E-state index contributed by atoms with van der Waals surface area (Å²) in [7, 11) is 0. The molecule has 1 aliphatic heterocycles. The third-order valence-corrected chi connectivity index (χ3v) is 5.81. The van der Waals surface area contributed by atoms with Crippen molar-refractivity contribution in [1.82, 2.24) is 29.8 Å². The van der Waals surface area contributed by atoms with Gasteiger partial charge in [0.1, 0.15) is 17.2 Å². The number of rotatable bonds is 4. The summed E-state index contributed by atoms with van der Waals surface area (Å²) >= 11 is 0. The third kappa shape index (κ3) is 5.37. The SMILES string of the molecule is Cc1nc2ccc(Nc3nccc(-c4ccc(N5CCN(C(=O)OC(C)(C)C)CC5)nc4)n3)cc2[nH]1. The number of H-pyrrole nitrogens is 1. The van der Waals surface area contributed by atoms with Crippen LogP contribution in [0.2, 0.25) is 0 Å². The Morgan fingerprint density at radius 3 is 2.56 bits per heavy atom. The highest BCUT2D eigenvalue weighted by atomic mass is 16.6. The van der Waals surface area contributed by atoms with Gasteiger partial charge in [-0.25, -0.2) is 24.7 Å². The lowest BCUT2D eigenvalue weighted by molar-refractivity contribution is 0.0240. The van der Waals surface area contributed by atoms with Crippen LogP contribution in [0.25, 0.3) is 22.3 Å². The van der Waals surface area contributed by atoms with Crippen molar-refractivity contribution in [2.24, 2.45) is 0 Å². The van der Waals surface area contributed by atoms with E-state index in [1.165, 1.54) is 0 Å². The van der Waals surface area contributed by atoms with Gasteiger partial charge in [0.25, 0.3) is 0 Å². The average Bonchev–Trinajstić information content (AvgIpc) is 3.23. The van der Waals surface area contributed by atoms with E-state index in [9.17, 15) is 4.79 Å². The minimum absolute atomic E-state index is 0.266. The van der Waals surface area contributed by atoms with Gasteiger partial charge in [-0.05, 0) is 64.1 Å². The molecule has 4 aromatic rings. The van der Waals surface area contributed by atoms with Gasteiger partial charge in [-0.15, -0.1) is 0 Å². The number of ether oxygens (including phenoxy) is 1. The third-order valence-electron chi connectivity index (χ3n) is 5.81. The second kappa shape index (κ2) is 9.44. The fourth-order valence-corrected chi connectivity index (χ4v) is 4.09. The number of aryl methyl sites for hydroxylation is 1. The fraction of sp³-hybridized carbons (Fsp3) is 0.346. The van der Waals surface area contributed by atoms with Gasteiger partial charge < -0.3 is 24.8 Å². The molecule has 5 rings (SSSR count). The number of hydrogen-bond donors (Lipinski definition) is 2.